The van der Waals surface area contributed by atoms with Crippen molar-refractivity contribution < 1.29 is 5.21 Å². The molecule has 2 N–H and O–H groups in total. The third kappa shape index (κ3) is 2.08. The van der Waals surface area contributed by atoms with Crippen LogP contribution in [0.5, 0.6) is 0 Å². The van der Waals surface area contributed by atoms with Gasteiger partial charge in [-0.05, 0) is 16.8 Å². The highest BCUT2D eigenvalue weighted by Gasteiger charge is 1.89. The van der Waals surface area contributed by atoms with E-state index in [9.17, 15) is 0 Å². The quantitative estimate of drug-likeness (QED) is 0.419. The van der Waals surface area contributed by atoms with Gasteiger partial charge in [0.15, 0.2) is 0 Å². The molecule has 0 saturated carbocycles. The smallest absolute Gasteiger partial charge is 0.138 e. The van der Waals surface area contributed by atoms with Crippen molar-refractivity contribution in [3.05, 3.63) is 6.33 Å². The lowest BCUT2D eigenvalue weighted by Gasteiger charge is -1.96. The van der Waals surface area contributed by atoms with Crippen molar-refractivity contribution in [1.29, 1.82) is 0 Å². The topological polar surface area (TPSA) is 75.9 Å². The molecule has 10 heavy (non-hydrogen) atoms. The largest absolute Gasteiger partial charge is 0.317 e. The van der Waals surface area contributed by atoms with Gasteiger partial charge in [0, 0.05) is 13.1 Å². The van der Waals surface area contributed by atoms with Crippen molar-refractivity contribution in [1.82, 2.24) is 25.7 Å². The predicted octanol–water partition coefficient (Wildman–Crippen LogP) is -0.958. The summed E-state index contributed by atoms with van der Waals surface area (Å²) in [5, 5.41) is 18.7. The Kier molecular flexibility index (Phi) is 2.78. The number of hydrogen-bond donors (Lipinski definition) is 2. The van der Waals surface area contributed by atoms with E-state index in [1.165, 1.54) is 6.33 Å². The number of tetrazole rings is 1. The summed E-state index contributed by atoms with van der Waals surface area (Å²) in [4.78, 5) is 0. The molecule has 0 fully saturated rings. The lowest BCUT2D eigenvalue weighted by molar-refractivity contribution is 0.163. The predicted molar refractivity (Wildman–Crippen MR) is 32.2 cm³/mol. The average molecular weight is 143 g/mol. The molecule has 6 nitrogen and oxygen atoms in total. The van der Waals surface area contributed by atoms with E-state index in [1.807, 2.05) is 5.48 Å². The summed E-state index contributed by atoms with van der Waals surface area (Å²) in [6.07, 6.45) is 2.35. The Morgan fingerprint density at radius 3 is 3.10 bits per heavy atom. The molecule has 1 aromatic rings. The van der Waals surface area contributed by atoms with Crippen molar-refractivity contribution in [2.45, 2.75) is 13.0 Å². The number of rotatable bonds is 4. The van der Waals surface area contributed by atoms with E-state index < -0.39 is 0 Å². The van der Waals surface area contributed by atoms with E-state index in [0.29, 0.717) is 6.54 Å². The summed E-state index contributed by atoms with van der Waals surface area (Å²) in [7, 11) is 0. The van der Waals surface area contributed by atoms with E-state index in [-0.39, 0.29) is 0 Å². The molecule has 6 heteroatoms. The van der Waals surface area contributed by atoms with Crippen LogP contribution in [0, 0.1) is 0 Å². The van der Waals surface area contributed by atoms with E-state index in [0.717, 1.165) is 13.0 Å². The Bertz CT molecular complexity index is 162. The standard InChI is InChI=1S/C4H9N5O/c10-6-2-1-3-9-4-5-7-8-9/h4,6,10H,1-3H2. The van der Waals surface area contributed by atoms with E-state index in [1.54, 1.807) is 4.68 Å². The highest BCUT2D eigenvalue weighted by atomic mass is 16.5. The number of aryl methyl sites for hydroxylation is 1. The molecule has 56 valence electrons. The summed E-state index contributed by atoms with van der Waals surface area (Å²) in [6.45, 7) is 1.28. The van der Waals surface area contributed by atoms with Crippen LogP contribution in [0.15, 0.2) is 6.33 Å². The molecule has 0 radical (unpaired) electrons. The summed E-state index contributed by atoms with van der Waals surface area (Å²) in [6, 6.07) is 0. The normalized spacial score (nSPS) is 10.1. The minimum atomic E-state index is 0.555. The summed E-state index contributed by atoms with van der Waals surface area (Å²) >= 11 is 0. The molecule has 1 heterocycles. The highest BCUT2D eigenvalue weighted by Crippen LogP contribution is 1.81. The first-order valence-corrected chi connectivity index (χ1v) is 3.01. The average Bonchev–Trinajstić information content (AvgIpc) is 2.41. The van der Waals surface area contributed by atoms with Crippen molar-refractivity contribution in [2.24, 2.45) is 0 Å². The highest BCUT2D eigenvalue weighted by molar-refractivity contribution is 4.46. The fourth-order valence-corrected chi connectivity index (χ4v) is 0.603. The fraction of sp³-hybridized carbons (Fsp3) is 0.750. The van der Waals surface area contributed by atoms with Crippen LogP contribution in [0.2, 0.25) is 0 Å². The summed E-state index contributed by atoms with van der Waals surface area (Å²) < 4.78 is 1.61. The first-order valence-electron chi connectivity index (χ1n) is 3.01. The molecule has 0 unspecified atom stereocenters. The zero-order valence-corrected chi connectivity index (χ0v) is 5.43. The van der Waals surface area contributed by atoms with Crippen molar-refractivity contribution >= 4 is 0 Å². The number of hydroxylamine groups is 1. The first kappa shape index (κ1) is 7.10. The maximum Gasteiger partial charge on any atom is 0.138 e. The van der Waals surface area contributed by atoms with Gasteiger partial charge in [0.25, 0.3) is 0 Å². The van der Waals surface area contributed by atoms with Crippen LogP contribution in [-0.4, -0.2) is 32.0 Å². The molecule has 1 aromatic heterocycles. The van der Waals surface area contributed by atoms with Crippen LogP contribution >= 0.6 is 0 Å². The lowest BCUT2D eigenvalue weighted by Crippen LogP contribution is -2.11. The summed E-state index contributed by atoms with van der Waals surface area (Å²) in [5.41, 5.74) is 2.05. The van der Waals surface area contributed by atoms with Crippen LogP contribution in [-0.2, 0) is 6.54 Å². The van der Waals surface area contributed by atoms with Gasteiger partial charge in [0.2, 0.25) is 0 Å². The fourth-order valence-electron chi connectivity index (χ4n) is 0.603. The van der Waals surface area contributed by atoms with Gasteiger partial charge in [-0.25, -0.2) is 10.2 Å². The third-order valence-electron chi connectivity index (χ3n) is 1.07. The van der Waals surface area contributed by atoms with Gasteiger partial charge in [0.05, 0.1) is 0 Å². The maximum absolute atomic E-state index is 8.18. The third-order valence-corrected chi connectivity index (χ3v) is 1.07. The van der Waals surface area contributed by atoms with Crippen LogP contribution in [0.1, 0.15) is 6.42 Å². The Balaban J connectivity index is 2.15. The molecule has 0 atom stereocenters. The number of aromatic nitrogens is 4. The Morgan fingerprint density at radius 1 is 1.60 bits per heavy atom. The number of hydrogen-bond acceptors (Lipinski definition) is 5. The van der Waals surface area contributed by atoms with Gasteiger partial charge in [0.1, 0.15) is 6.33 Å². The van der Waals surface area contributed by atoms with Crippen LogP contribution in [0.4, 0.5) is 0 Å². The number of nitrogens with one attached hydrogen (secondary N) is 1. The molecule has 0 bridgehead atoms. The SMILES string of the molecule is ONCCCn1cnnn1. The van der Waals surface area contributed by atoms with Crippen molar-refractivity contribution in [3.8, 4) is 0 Å². The molecular formula is C4H9N5O. The molecule has 0 spiro atoms. The zero-order chi connectivity index (χ0) is 7.23. The lowest BCUT2D eigenvalue weighted by atomic mass is 10.4. The van der Waals surface area contributed by atoms with Crippen LogP contribution in [0.3, 0.4) is 0 Å². The van der Waals surface area contributed by atoms with Gasteiger partial charge < -0.3 is 5.21 Å². The zero-order valence-electron chi connectivity index (χ0n) is 5.43. The Labute approximate surface area is 57.8 Å². The van der Waals surface area contributed by atoms with Gasteiger partial charge in [-0.3, -0.25) is 0 Å². The van der Waals surface area contributed by atoms with Crippen LogP contribution in [0.25, 0.3) is 0 Å². The van der Waals surface area contributed by atoms with E-state index in [2.05, 4.69) is 15.5 Å². The van der Waals surface area contributed by atoms with Crippen LogP contribution < -0.4 is 5.48 Å². The van der Waals surface area contributed by atoms with Gasteiger partial charge >= 0.3 is 0 Å². The Morgan fingerprint density at radius 2 is 2.50 bits per heavy atom. The molecule has 0 saturated heterocycles. The molecule has 0 aliphatic rings. The first-order chi connectivity index (χ1) is 4.93. The second kappa shape index (κ2) is 3.91. The molecule has 0 aromatic carbocycles. The molecular weight excluding hydrogens is 134 g/mol. The summed E-state index contributed by atoms with van der Waals surface area (Å²) in [5.74, 6) is 0. The van der Waals surface area contributed by atoms with Crippen molar-refractivity contribution in [3.63, 3.8) is 0 Å². The van der Waals surface area contributed by atoms with Crippen molar-refractivity contribution in [2.75, 3.05) is 6.54 Å². The monoisotopic (exact) mass is 143 g/mol. The second-order valence-electron chi connectivity index (χ2n) is 1.83. The molecule has 0 aliphatic heterocycles. The molecule has 0 amide bonds. The maximum atomic E-state index is 8.18. The van der Waals surface area contributed by atoms with Gasteiger partial charge in [-0.15, -0.1) is 5.10 Å². The van der Waals surface area contributed by atoms with Gasteiger partial charge in [-0.1, -0.05) is 0 Å². The van der Waals surface area contributed by atoms with Gasteiger partial charge in [-0.2, -0.15) is 0 Å². The minimum Gasteiger partial charge on any atom is -0.317 e. The van der Waals surface area contributed by atoms with E-state index >= 15 is 0 Å². The molecule has 1 rings (SSSR count). The second-order valence-corrected chi connectivity index (χ2v) is 1.83. The van der Waals surface area contributed by atoms with E-state index in [4.69, 9.17) is 5.21 Å². The Hall–Kier alpha value is -1.01. The number of nitrogens with zero attached hydrogens (tertiary/aromatic N) is 4. The minimum absolute atomic E-state index is 0.555. The molecule has 0 aliphatic carbocycles.